The Morgan fingerprint density at radius 2 is 2.17 bits per heavy atom. The van der Waals surface area contributed by atoms with Crippen molar-refractivity contribution in [2.24, 2.45) is 5.92 Å². The van der Waals surface area contributed by atoms with Crippen molar-refractivity contribution in [2.45, 2.75) is 18.9 Å². The van der Waals surface area contributed by atoms with Crippen LogP contribution in [-0.2, 0) is 0 Å². The number of piperidine rings is 3. The van der Waals surface area contributed by atoms with Crippen molar-refractivity contribution in [3.63, 3.8) is 0 Å². The molecule has 0 unspecified atom stereocenters. The van der Waals surface area contributed by atoms with Crippen LogP contribution < -0.4 is 10.1 Å². The number of rotatable bonds is 2. The molecule has 1 atom stereocenters. The quantitative estimate of drug-likeness (QED) is 0.849. The van der Waals surface area contributed by atoms with Crippen molar-refractivity contribution in [1.29, 1.82) is 0 Å². The number of hydrogen-bond donors (Lipinski definition) is 1. The molecule has 0 aliphatic carbocycles. The van der Waals surface area contributed by atoms with Gasteiger partial charge in [0.25, 0.3) is 5.91 Å². The van der Waals surface area contributed by atoms with Crippen LogP contribution in [0.1, 0.15) is 28.8 Å². The third-order valence-corrected chi connectivity index (χ3v) is 5.19. The van der Waals surface area contributed by atoms with Gasteiger partial charge in [-0.25, -0.2) is 0 Å². The number of fused-ring (bicyclic) bond motifs is 4. The molecule has 1 N–H and O–H groups in total. The lowest BCUT2D eigenvalue weighted by atomic mass is 9.84. The molecule has 5 rings (SSSR count). The van der Waals surface area contributed by atoms with Crippen molar-refractivity contribution in [3.8, 4) is 18.1 Å². The van der Waals surface area contributed by atoms with Crippen LogP contribution in [0.5, 0.6) is 5.75 Å². The maximum atomic E-state index is 12.6. The largest absolute Gasteiger partial charge is 0.489 e. The highest BCUT2D eigenvalue weighted by Crippen LogP contribution is 2.31. The highest BCUT2D eigenvalue weighted by molar-refractivity contribution is 5.96. The molecule has 3 fully saturated rings. The van der Waals surface area contributed by atoms with Crippen LogP contribution in [-0.4, -0.2) is 43.1 Å². The fourth-order valence-electron chi connectivity index (χ4n) is 3.85. The summed E-state index contributed by atoms with van der Waals surface area (Å²) in [6.07, 6.45) is 9.80. The molecule has 4 nitrogen and oxygen atoms in total. The van der Waals surface area contributed by atoms with E-state index in [0.29, 0.717) is 18.1 Å². The molecule has 0 saturated carbocycles. The molecule has 1 aromatic carbocycles. The van der Waals surface area contributed by atoms with Gasteiger partial charge in [0.15, 0.2) is 0 Å². The van der Waals surface area contributed by atoms with E-state index >= 15 is 0 Å². The summed E-state index contributed by atoms with van der Waals surface area (Å²) in [5.41, 5.74) is 2.27. The topological polar surface area (TPSA) is 41.6 Å². The Kier molecular flexibility index (Phi) is 3.59. The van der Waals surface area contributed by atoms with Crippen molar-refractivity contribution < 1.29 is 9.53 Å². The van der Waals surface area contributed by atoms with E-state index < -0.39 is 0 Å². The Labute approximate surface area is 136 Å². The van der Waals surface area contributed by atoms with Crippen LogP contribution in [0.2, 0.25) is 0 Å². The first kappa shape index (κ1) is 14.3. The molecular formula is C19H20N2O2. The molecule has 4 heterocycles. The van der Waals surface area contributed by atoms with Crippen LogP contribution in [0.3, 0.4) is 0 Å². The van der Waals surface area contributed by atoms with Crippen LogP contribution in [0, 0.1) is 18.3 Å². The second-order valence-electron chi connectivity index (χ2n) is 6.50. The second kappa shape index (κ2) is 5.75. The number of terminal acetylenes is 1. The van der Waals surface area contributed by atoms with Crippen molar-refractivity contribution in [1.82, 2.24) is 10.2 Å². The summed E-state index contributed by atoms with van der Waals surface area (Å²) in [4.78, 5) is 15.1. The zero-order valence-corrected chi connectivity index (χ0v) is 13.0. The minimum atomic E-state index is -0.0199. The lowest BCUT2D eigenvalue weighted by Gasteiger charge is -2.44. The van der Waals surface area contributed by atoms with Gasteiger partial charge in [0.05, 0.1) is 0 Å². The number of hydrogen-bond acceptors (Lipinski definition) is 3. The molecular weight excluding hydrogens is 288 g/mol. The number of benzene rings is 1. The smallest absolute Gasteiger partial charge is 0.251 e. The third-order valence-electron chi connectivity index (χ3n) is 5.19. The monoisotopic (exact) mass is 308 g/mol. The van der Waals surface area contributed by atoms with Crippen molar-refractivity contribution in [3.05, 3.63) is 35.4 Å². The van der Waals surface area contributed by atoms with Gasteiger partial charge in [-0.2, -0.15) is 0 Å². The molecule has 3 saturated heterocycles. The number of carbonyl (C=O) groups is 1. The fourth-order valence-corrected chi connectivity index (χ4v) is 3.85. The van der Waals surface area contributed by atoms with Crippen LogP contribution in [0.15, 0.2) is 24.3 Å². The summed E-state index contributed by atoms with van der Waals surface area (Å²) in [5, 5.41) is 3.21. The van der Waals surface area contributed by atoms with Crippen molar-refractivity contribution in [2.75, 3.05) is 26.2 Å². The second-order valence-corrected chi connectivity index (χ2v) is 6.50. The minimum absolute atomic E-state index is 0.0199. The Morgan fingerprint density at radius 1 is 1.35 bits per heavy atom. The first-order valence-corrected chi connectivity index (χ1v) is 8.22. The molecule has 1 amide bonds. The minimum Gasteiger partial charge on any atom is -0.489 e. The van der Waals surface area contributed by atoms with E-state index in [0.717, 1.165) is 23.4 Å². The zero-order valence-electron chi connectivity index (χ0n) is 13.0. The Bertz CT molecular complexity index is 709. The maximum absolute atomic E-state index is 12.6. The molecule has 1 aromatic rings. The van der Waals surface area contributed by atoms with E-state index in [4.69, 9.17) is 11.2 Å². The highest BCUT2D eigenvalue weighted by atomic mass is 16.5. The highest BCUT2D eigenvalue weighted by Gasteiger charge is 2.35. The number of amides is 1. The SMILES string of the molecule is C#CC1=CCOc2ccc(C(=O)N[C@H]3CN4CCC3CC4)cc21. The van der Waals surface area contributed by atoms with Gasteiger partial charge in [-0.3, -0.25) is 4.79 Å². The molecule has 4 heteroatoms. The summed E-state index contributed by atoms with van der Waals surface area (Å²) in [7, 11) is 0. The Balaban J connectivity index is 1.53. The van der Waals surface area contributed by atoms with E-state index in [1.54, 1.807) is 0 Å². The van der Waals surface area contributed by atoms with Crippen molar-refractivity contribution >= 4 is 11.5 Å². The summed E-state index contributed by atoms with van der Waals surface area (Å²) in [6.45, 7) is 3.80. The average Bonchev–Trinajstić information content (AvgIpc) is 2.61. The molecule has 0 radical (unpaired) electrons. The van der Waals surface area contributed by atoms with Gasteiger partial charge in [0.2, 0.25) is 0 Å². The Hall–Kier alpha value is -2.25. The van der Waals surface area contributed by atoms with E-state index in [1.165, 1.54) is 25.9 Å². The Morgan fingerprint density at radius 3 is 2.87 bits per heavy atom. The van der Waals surface area contributed by atoms with Gasteiger partial charge in [0, 0.05) is 29.3 Å². The van der Waals surface area contributed by atoms with Gasteiger partial charge in [-0.15, -0.1) is 6.42 Å². The first-order valence-electron chi connectivity index (χ1n) is 8.22. The number of nitrogens with zero attached hydrogens (tertiary/aromatic N) is 1. The van der Waals surface area contributed by atoms with E-state index in [-0.39, 0.29) is 11.9 Å². The van der Waals surface area contributed by atoms with Crippen LogP contribution in [0.4, 0.5) is 0 Å². The first-order chi connectivity index (χ1) is 11.2. The molecule has 4 aliphatic heterocycles. The fraction of sp³-hybridized carbons (Fsp3) is 0.421. The van der Waals surface area contributed by atoms with Gasteiger partial charge < -0.3 is 15.0 Å². The molecule has 23 heavy (non-hydrogen) atoms. The summed E-state index contributed by atoms with van der Waals surface area (Å²) >= 11 is 0. The van der Waals surface area contributed by atoms with E-state index in [1.807, 2.05) is 24.3 Å². The van der Waals surface area contributed by atoms with Gasteiger partial charge in [0.1, 0.15) is 12.4 Å². The molecule has 4 aliphatic rings. The molecule has 0 aromatic heterocycles. The van der Waals surface area contributed by atoms with E-state index in [2.05, 4.69) is 16.1 Å². The number of ether oxygens (including phenoxy) is 1. The van der Waals surface area contributed by atoms with Crippen LogP contribution >= 0.6 is 0 Å². The number of carbonyl (C=O) groups excluding carboxylic acids is 1. The normalized spacial score (nSPS) is 28.1. The van der Waals surface area contributed by atoms with Crippen LogP contribution in [0.25, 0.3) is 5.57 Å². The third kappa shape index (κ3) is 2.62. The van der Waals surface area contributed by atoms with Gasteiger partial charge >= 0.3 is 0 Å². The average molecular weight is 308 g/mol. The summed E-state index contributed by atoms with van der Waals surface area (Å²) in [5.74, 6) is 4.02. The number of nitrogens with one attached hydrogen (secondary N) is 1. The predicted molar refractivity (Wildman–Crippen MR) is 89.2 cm³/mol. The standard InChI is InChI=1S/C19H20N2O2/c1-2-13-7-10-23-18-4-3-15(11-16(13)18)19(22)20-17-12-21-8-5-14(17)6-9-21/h1,3-4,7,11,14,17H,5-6,8-10,12H2,(H,20,22)/t17-/m0/s1. The predicted octanol–water partition coefficient (Wildman–Crippen LogP) is 1.92. The molecule has 118 valence electrons. The number of allylic oxidation sites excluding steroid dienone is 1. The summed E-state index contributed by atoms with van der Waals surface area (Å²) in [6, 6.07) is 5.76. The van der Waals surface area contributed by atoms with Gasteiger partial charge in [-0.1, -0.05) is 5.92 Å². The van der Waals surface area contributed by atoms with Gasteiger partial charge in [-0.05, 0) is 56.1 Å². The zero-order chi connectivity index (χ0) is 15.8. The van der Waals surface area contributed by atoms with E-state index in [9.17, 15) is 4.79 Å². The molecule has 2 bridgehead atoms. The lowest BCUT2D eigenvalue weighted by Crippen LogP contribution is -2.57. The lowest BCUT2D eigenvalue weighted by molar-refractivity contribution is 0.0620. The summed E-state index contributed by atoms with van der Waals surface area (Å²) < 4.78 is 5.57. The molecule has 0 spiro atoms. The maximum Gasteiger partial charge on any atom is 0.251 e.